The topological polar surface area (TPSA) is 67.4 Å². The van der Waals surface area contributed by atoms with Crippen molar-refractivity contribution in [2.24, 2.45) is 0 Å². The lowest BCUT2D eigenvalue weighted by atomic mass is 10.2. The van der Waals surface area contributed by atoms with E-state index in [2.05, 4.69) is 29.4 Å². The Bertz CT molecular complexity index is 429. The molecule has 2 rings (SSSR count). The third kappa shape index (κ3) is 3.63. The Morgan fingerprint density at radius 1 is 1.32 bits per heavy atom. The van der Waals surface area contributed by atoms with E-state index in [9.17, 15) is 4.79 Å². The smallest absolute Gasteiger partial charge is 0.245 e. The highest BCUT2D eigenvalue weighted by Gasteiger charge is 2.23. The summed E-state index contributed by atoms with van der Waals surface area (Å²) in [7, 11) is 0. The molecule has 0 bridgehead atoms. The van der Waals surface area contributed by atoms with E-state index in [0.29, 0.717) is 37.4 Å². The summed E-state index contributed by atoms with van der Waals surface area (Å²) in [6.07, 6.45) is 0. The van der Waals surface area contributed by atoms with Gasteiger partial charge in [-0.05, 0) is 6.92 Å². The summed E-state index contributed by atoms with van der Waals surface area (Å²) in [6, 6.07) is -0.286. The molecule has 1 aromatic rings. The van der Waals surface area contributed by atoms with Crippen LogP contribution < -0.4 is 5.32 Å². The summed E-state index contributed by atoms with van der Waals surface area (Å²) in [5, 5.41) is 13.0. The predicted octanol–water partition coefficient (Wildman–Crippen LogP) is 1.32. The fraction of sp³-hybridized carbons (Fsp3) is 0.750. The van der Waals surface area contributed by atoms with E-state index in [4.69, 9.17) is 4.74 Å². The number of nitrogens with one attached hydrogen (secondary N) is 1. The van der Waals surface area contributed by atoms with E-state index >= 15 is 0 Å². The van der Waals surface area contributed by atoms with Crippen molar-refractivity contribution < 1.29 is 9.53 Å². The molecule has 1 unspecified atom stereocenters. The van der Waals surface area contributed by atoms with Crippen molar-refractivity contribution in [2.45, 2.75) is 32.7 Å². The molecule has 0 spiro atoms. The van der Waals surface area contributed by atoms with Gasteiger partial charge in [-0.2, -0.15) is 0 Å². The van der Waals surface area contributed by atoms with E-state index in [1.165, 1.54) is 11.3 Å². The van der Waals surface area contributed by atoms with Gasteiger partial charge >= 0.3 is 0 Å². The number of carbonyl (C=O) groups is 1. The van der Waals surface area contributed by atoms with Crippen molar-refractivity contribution >= 4 is 22.4 Å². The molecular weight excluding hydrogens is 264 g/mol. The molecule has 1 aliphatic heterocycles. The number of hydrogen-bond donors (Lipinski definition) is 1. The van der Waals surface area contributed by atoms with E-state index in [1.807, 2.05) is 11.8 Å². The number of rotatable bonds is 4. The summed E-state index contributed by atoms with van der Waals surface area (Å²) < 4.78 is 5.24. The second kappa shape index (κ2) is 6.29. The molecule has 19 heavy (non-hydrogen) atoms. The Kier molecular flexibility index (Phi) is 4.71. The first-order valence-corrected chi connectivity index (χ1v) is 7.36. The van der Waals surface area contributed by atoms with Gasteiger partial charge in [-0.25, -0.2) is 0 Å². The number of morpholine rings is 1. The van der Waals surface area contributed by atoms with Crippen molar-refractivity contribution in [3.05, 3.63) is 5.01 Å². The Balaban J connectivity index is 1.91. The Morgan fingerprint density at radius 2 is 2.00 bits per heavy atom. The van der Waals surface area contributed by atoms with Gasteiger partial charge in [0.05, 0.1) is 13.2 Å². The first kappa shape index (κ1) is 14.2. The quantitative estimate of drug-likeness (QED) is 0.903. The van der Waals surface area contributed by atoms with Crippen molar-refractivity contribution in [2.75, 3.05) is 31.6 Å². The molecular formula is C12H20N4O2S. The van der Waals surface area contributed by atoms with Crippen molar-refractivity contribution in [1.82, 2.24) is 15.1 Å². The summed E-state index contributed by atoms with van der Waals surface area (Å²) in [5.74, 6) is 0.447. The Hall–Kier alpha value is -1.21. The molecule has 1 atom stereocenters. The van der Waals surface area contributed by atoms with Crippen LogP contribution >= 0.6 is 11.3 Å². The van der Waals surface area contributed by atoms with Crippen molar-refractivity contribution in [1.29, 1.82) is 0 Å². The number of hydrogen-bond acceptors (Lipinski definition) is 6. The number of ether oxygens (including phenoxy) is 1. The number of anilines is 1. The van der Waals surface area contributed by atoms with E-state index in [0.717, 1.165) is 5.01 Å². The van der Waals surface area contributed by atoms with Crippen LogP contribution in [0.5, 0.6) is 0 Å². The van der Waals surface area contributed by atoms with Crippen LogP contribution in [0.1, 0.15) is 31.7 Å². The van der Waals surface area contributed by atoms with Gasteiger partial charge in [-0.15, -0.1) is 10.2 Å². The van der Waals surface area contributed by atoms with Crippen LogP contribution in [0.15, 0.2) is 0 Å². The number of carbonyl (C=O) groups excluding carboxylic acids is 1. The van der Waals surface area contributed by atoms with Crippen molar-refractivity contribution in [3.8, 4) is 0 Å². The SMILES string of the molecule is CC(Nc1nnc(C(C)C)s1)C(=O)N1CCOCC1. The normalized spacial score (nSPS) is 17.6. The Labute approximate surface area is 117 Å². The molecule has 0 radical (unpaired) electrons. The average molecular weight is 284 g/mol. The third-order valence-electron chi connectivity index (χ3n) is 2.97. The van der Waals surface area contributed by atoms with Gasteiger partial charge in [0.2, 0.25) is 11.0 Å². The molecule has 1 amide bonds. The highest BCUT2D eigenvalue weighted by atomic mass is 32.1. The summed E-state index contributed by atoms with van der Waals surface area (Å²) >= 11 is 1.50. The predicted molar refractivity (Wildman–Crippen MR) is 74.5 cm³/mol. The number of nitrogens with zero attached hydrogens (tertiary/aromatic N) is 3. The van der Waals surface area contributed by atoms with E-state index in [-0.39, 0.29) is 11.9 Å². The van der Waals surface area contributed by atoms with E-state index in [1.54, 1.807) is 0 Å². The fourth-order valence-corrected chi connectivity index (χ4v) is 2.66. The van der Waals surface area contributed by atoms with Gasteiger partial charge in [-0.3, -0.25) is 4.79 Å². The van der Waals surface area contributed by atoms with Gasteiger partial charge in [0.25, 0.3) is 0 Å². The molecule has 7 heteroatoms. The van der Waals surface area contributed by atoms with Gasteiger partial charge < -0.3 is 15.0 Å². The number of aromatic nitrogens is 2. The van der Waals surface area contributed by atoms with Gasteiger partial charge in [0.1, 0.15) is 11.0 Å². The minimum atomic E-state index is -0.286. The molecule has 1 fully saturated rings. The zero-order chi connectivity index (χ0) is 13.8. The van der Waals surface area contributed by atoms with Crippen LogP contribution in [0.4, 0.5) is 5.13 Å². The zero-order valence-electron chi connectivity index (χ0n) is 11.5. The van der Waals surface area contributed by atoms with Crippen LogP contribution in [0.2, 0.25) is 0 Å². The molecule has 1 aromatic heterocycles. The Morgan fingerprint density at radius 3 is 2.58 bits per heavy atom. The second-order valence-corrected chi connectivity index (χ2v) is 5.91. The first-order valence-electron chi connectivity index (χ1n) is 6.54. The molecule has 1 saturated heterocycles. The molecule has 1 aliphatic rings. The lowest BCUT2D eigenvalue weighted by Gasteiger charge is -2.29. The molecule has 6 nitrogen and oxygen atoms in total. The lowest BCUT2D eigenvalue weighted by molar-refractivity contribution is -0.135. The number of amides is 1. The molecule has 0 aliphatic carbocycles. The lowest BCUT2D eigenvalue weighted by Crippen LogP contribution is -2.46. The second-order valence-electron chi connectivity index (χ2n) is 4.90. The van der Waals surface area contributed by atoms with Crippen LogP contribution in [0, 0.1) is 0 Å². The van der Waals surface area contributed by atoms with Gasteiger partial charge in [0, 0.05) is 19.0 Å². The van der Waals surface area contributed by atoms with Crippen LogP contribution in [-0.2, 0) is 9.53 Å². The standard InChI is InChI=1S/C12H20N4O2S/c1-8(2)10-14-15-12(19-10)13-9(3)11(17)16-4-6-18-7-5-16/h8-9H,4-7H2,1-3H3,(H,13,15). The molecule has 106 valence electrons. The third-order valence-corrected chi connectivity index (χ3v) is 4.12. The summed E-state index contributed by atoms with van der Waals surface area (Å²) in [6.45, 7) is 8.58. The highest BCUT2D eigenvalue weighted by molar-refractivity contribution is 7.15. The maximum atomic E-state index is 12.2. The zero-order valence-corrected chi connectivity index (χ0v) is 12.4. The van der Waals surface area contributed by atoms with E-state index < -0.39 is 0 Å². The minimum absolute atomic E-state index is 0.0876. The van der Waals surface area contributed by atoms with Crippen LogP contribution in [0.3, 0.4) is 0 Å². The fourth-order valence-electron chi connectivity index (χ4n) is 1.83. The monoisotopic (exact) mass is 284 g/mol. The summed E-state index contributed by atoms with van der Waals surface area (Å²) in [4.78, 5) is 14.0. The molecule has 0 saturated carbocycles. The largest absolute Gasteiger partial charge is 0.378 e. The van der Waals surface area contributed by atoms with Crippen LogP contribution in [0.25, 0.3) is 0 Å². The minimum Gasteiger partial charge on any atom is -0.378 e. The molecule has 0 aromatic carbocycles. The summed E-state index contributed by atoms with van der Waals surface area (Å²) in [5.41, 5.74) is 0. The molecule has 2 heterocycles. The highest BCUT2D eigenvalue weighted by Crippen LogP contribution is 2.23. The average Bonchev–Trinajstić information content (AvgIpc) is 2.87. The maximum Gasteiger partial charge on any atom is 0.245 e. The van der Waals surface area contributed by atoms with Crippen LogP contribution in [-0.4, -0.2) is 53.3 Å². The molecule has 1 N–H and O–H groups in total. The van der Waals surface area contributed by atoms with Crippen molar-refractivity contribution in [3.63, 3.8) is 0 Å². The first-order chi connectivity index (χ1) is 9.08. The maximum absolute atomic E-state index is 12.2. The van der Waals surface area contributed by atoms with Gasteiger partial charge in [0.15, 0.2) is 0 Å². The van der Waals surface area contributed by atoms with Gasteiger partial charge in [-0.1, -0.05) is 25.2 Å².